The Labute approximate surface area is 218 Å². The predicted octanol–water partition coefficient (Wildman–Crippen LogP) is 6.00. The van der Waals surface area contributed by atoms with Crippen molar-refractivity contribution >= 4 is 33.5 Å². The van der Waals surface area contributed by atoms with Crippen LogP contribution in [0.15, 0.2) is 73.3 Å². The maximum Gasteiger partial charge on any atom is 0.224 e. The topological polar surface area (TPSA) is 125 Å². The minimum Gasteiger partial charge on any atom is -0.337 e. The van der Waals surface area contributed by atoms with Crippen LogP contribution in [0.2, 0.25) is 0 Å². The summed E-state index contributed by atoms with van der Waals surface area (Å²) >= 11 is 0. The maximum atomic E-state index is 12.4. The molecule has 0 atom stereocenters. The number of carbonyl (C=O) groups is 1. The summed E-state index contributed by atoms with van der Waals surface area (Å²) in [7, 11) is 0. The minimum absolute atomic E-state index is 0.0491. The molecule has 1 amide bonds. The standard InChI is InChI=1S/C29H26N8O/c1-29(2,3)13-25(38)33-18-11-17(14-30-15-18)23-12-20-24(16-32-23)36-37-27(20)28-34-22-9-6-7-19(26(22)35-28)21-8-4-5-10-31-21/h4-12,14-16H,13H2,1-3H3,(H,33,38)(H,34,35)(H,36,37). The molecule has 0 aliphatic heterocycles. The highest BCUT2D eigenvalue weighted by atomic mass is 16.1. The number of amides is 1. The third-order valence-corrected chi connectivity index (χ3v) is 6.13. The Morgan fingerprint density at radius 1 is 0.947 bits per heavy atom. The molecule has 9 heteroatoms. The summed E-state index contributed by atoms with van der Waals surface area (Å²) in [6, 6.07) is 15.7. The van der Waals surface area contributed by atoms with E-state index < -0.39 is 0 Å². The van der Waals surface area contributed by atoms with Crippen LogP contribution >= 0.6 is 0 Å². The number of nitrogens with one attached hydrogen (secondary N) is 3. The molecule has 0 aliphatic carbocycles. The van der Waals surface area contributed by atoms with Gasteiger partial charge in [0.15, 0.2) is 5.82 Å². The Hall–Kier alpha value is -4.92. The van der Waals surface area contributed by atoms with Crippen molar-refractivity contribution < 1.29 is 4.79 Å². The van der Waals surface area contributed by atoms with Crippen LogP contribution in [0.4, 0.5) is 5.69 Å². The Morgan fingerprint density at radius 3 is 2.66 bits per heavy atom. The van der Waals surface area contributed by atoms with Crippen molar-refractivity contribution in [2.24, 2.45) is 5.41 Å². The lowest BCUT2D eigenvalue weighted by atomic mass is 9.92. The normalized spacial score (nSPS) is 11.8. The average Bonchev–Trinajstić information content (AvgIpc) is 3.51. The zero-order valence-corrected chi connectivity index (χ0v) is 21.3. The number of aromatic amines is 2. The third-order valence-electron chi connectivity index (χ3n) is 6.13. The number of benzene rings is 1. The van der Waals surface area contributed by atoms with E-state index in [9.17, 15) is 4.79 Å². The second-order valence-electron chi connectivity index (χ2n) is 10.4. The first-order valence-corrected chi connectivity index (χ1v) is 12.3. The van der Waals surface area contributed by atoms with Crippen molar-refractivity contribution in [2.45, 2.75) is 27.2 Å². The van der Waals surface area contributed by atoms with Crippen LogP contribution in [0.25, 0.3) is 56.0 Å². The van der Waals surface area contributed by atoms with Crippen LogP contribution in [-0.2, 0) is 4.79 Å². The summed E-state index contributed by atoms with van der Waals surface area (Å²) in [5.41, 5.74) is 7.04. The molecule has 3 N–H and O–H groups in total. The number of H-pyrrole nitrogens is 2. The number of anilines is 1. The molecule has 5 aromatic heterocycles. The fraction of sp³-hybridized carbons (Fsp3) is 0.172. The Bertz CT molecular complexity index is 1780. The zero-order chi connectivity index (χ0) is 26.3. The summed E-state index contributed by atoms with van der Waals surface area (Å²) in [6.45, 7) is 6.10. The summed E-state index contributed by atoms with van der Waals surface area (Å²) in [6.07, 6.45) is 7.30. The van der Waals surface area contributed by atoms with Crippen molar-refractivity contribution in [3.63, 3.8) is 0 Å². The highest BCUT2D eigenvalue weighted by Crippen LogP contribution is 2.32. The van der Waals surface area contributed by atoms with E-state index in [4.69, 9.17) is 4.98 Å². The first kappa shape index (κ1) is 23.5. The molecule has 0 spiro atoms. The van der Waals surface area contributed by atoms with E-state index in [1.54, 1.807) is 24.8 Å². The van der Waals surface area contributed by atoms with Crippen LogP contribution in [0.1, 0.15) is 27.2 Å². The summed E-state index contributed by atoms with van der Waals surface area (Å²) in [4.78, 5) is 34.1. The SMILES string of the molecule is CC(C)(C)CC(=O)Nc1cncc(-c2cc3c(-c4nc5c(-c6ccccn6)cccc5[nH]4)n[nH]c3cn2)c1. The molecular formula is C29H26N8O. The number of imidazole rings is 1. The molecule has 0 bridgehead atoms. The molecular weight excluding hydrogens is 476 g/mol. The molecule has 38 heavy (non-hydrogen) atoms. The van der Waals surface area contributed by atoms with Gasteiger partial charge in [0.2, 0.25) is 5.91 Å². The van der Waals surface area contributed by atoms with Crippen LogP contribution < -0.4 is 5.32 Å². The highest BCUT2D eigenvalue weighted by Gasteiger charge is 2.18. The van der Waals surface area contributed by atoms with Crippen molar-refractivity contribution in [1.29, 1.82) is 0 Å². The molecule has 188 valence electrons. The van der Waals surface area contributed by atoms with Crippen LogP contribution in [0.5, 0.6) is 0 Å². The molecule has 0 unspecified atom stereocenters. The number of para-hydroxylation sites is 1. The van der Waals surface area contributed by atoms with E-state index in [0.717, 1.165) is 38.8 Å². The second-order valence-corrected chi connectivity index (χ2v) is 10.4. The minimum atomic E-state index is -0.103. The van der Waals surface area contributed by atoms with Crippen molar-refractivity contribution in [3.8, 4) is 34.0 Å². The highest BCUT2D eigenvalue weighted by molar-refractivity contribution is 5.97. The maximum absolute atomic E-state index is 12.4. The fourth-order valence-corrected chi connectivity index (χ4v) is 4.46. The molecule has 9 nitrogen and oxygen atoms in total. The second kappa shape index (κ2) is 9.19. The quantitative estimate of drug-likeness (QED) is 0.265. The van der Waals surface area contributed by atoms with Gasteiger partial charge in [0, 0.05) is 35.3 Å². The summed E-state index contributed by atoms with van der Waals surface area (Å²) in [5, 5.41) is 11.4. The monoisotopic (exact) mass is 502 g/mol. The molecule has 6 aromatic rings. The van der Waals surface area contributed by atoms with Gasteiger partial charge < -0.3 is 10.3 Å². The predicted molar refractivity (Wildman–Crippen MR) is 148 cm³/mol. The number of pyridine rings is 3. The Balaban J connectivity index is 1.36. The summed E-state index contributed by atoms with van der Waals surface area (Å²) in [5.74, 6) is 0.597. The Morgan fingerprint density at radius 2 is 1.84 bits per heavy atom. The number of hydrogen-bond acceptors (Lipinski definition) is 6. The van der Waals surface area contributed by atoms with Gasteiger partial charge in [0.25, 0.3) is 0 Å². The number of carbonyl (C=O) groups excluding carboxylic acids is 1. The van der Waals surface area contributed by atoms with Crippen LogP contribution in [-0.4, -0.2) is 41.0 Å². The number of nitrogens with zero attached hydrogens (tertiary/aromatic N) is 5. The van der Waals surface area contributed by atoms with Gasteiger partial charge in [0.1, 0.15) is 5.69 Å². The first-order valence-electron chi connectivity index (χ1n) is 12.3. The number of aromatic nitrogens is 7. The van der Waals surface area contributed by atoms with Gasteiger partial charge >= 0.3 is 0 Å². The van der Waals surface area contributed by atoms with Gasteiger partial charge in [-0.2, -0.15) is 5.10 Å². The molecule has 0 radical (unpaired) electrons. The van der Waals surface area contributed by atoms with E-state index in [2.05, 4.69) is 35.5 Å². The molecule has 0 aliphatic rings. The van der Waals surface area contributed by atoms with Crippen molar-refractivity contribution in [2.75, 3.05) is 5.32 Å². The molecule has 1 aromatic carbocycles. The van der Waals surface area contributed by atoms with Gasteiger partial charge in [0.05, 0.1) is 46.0 Å². The van der Waals surface area contributed by atoms with Crippen LogP contribution in [0.3, 0.4) is 0 Å². The number of rotatable bonds is 5. The molecule has 0 saturated carbocycles. The fourth-order valence-electron chi connectivity index (χ4n) is 4.46. The van der Waals surface area contributed by atoms with Crippen molar-refractivity contribution in [1.82, 2.24) is 35.1 Å². The van der Waals surface area contributed by atoms with E-state index in [-0.39, 0.29) is 11.3 Å². The lowest BCUT2D eigenvalue weighted by Gasteiger charge is -2.17. The van der Waals surface area contributed by atoms with Gasteiger partial charge in [-0.05, 0) is 35.7 Å². The zero-order valence-electron chi connectivity index (χ0n) is 21.3. The van der Waals surface area contributed by atoms with Gasteiger partial charge in [-0.15, -0.1) is 0 Å². The van der Waals surface area contributed by atoms with Crippen molar-refractivity contribution in [3.05, 3.63) is 73.3 Å². The van der Waals surface area contributed by atoms with E-state index >= 15 is 0 Å². The Kier molecular flexibility index (Phi) is 5.68. The van der Waals surface area contributed by atoms with E-state index in [0.29, 0.717) is 29.3 Å². The molecule has 5 heterocycles. The van der Waals surface area contributed by atoms with Crippen LogP contribution in [0, 0.1) is 5.41 Å². The third kappa shape index (κ3) is 4.61. The first-order chi connectivity index (χ1) is 18.3. The largest absolute Gasteiger partial charge is 0.337 e. The van der Waals surface area contributed by atoms with E-state index in [1.165, 1.54) is 0 Å². The number of hydrogen-bond donors (Lipinski definition) is 3. The lowest BCUT2D eigenvalue weighted by molar-refractivity contribution is -0.117. The molecule has 6 rings (SSSR count). The van der Waals surface area contributed by atoms with E-state index in [1.807, 2.05) is 69.3 Å². The lowest BCUT2D eigenvalue weighted by Crippen LogP contribution is -2.19. The smallest absolute Gasteiger partial charge is 0.224 e. The van der Waals surface area contributed by atoms with Gasteiger partial charge in [-0.3, -0.25) is 24.8 Å². The summed E-state index contributed by atoms with van der Waals surface area (Å²) < 4.78 is 0. The molecule has 0 saturated heterocycles. The number of fused-ring (bicyclic) bond motifs is 2. The average molecular weight is 503 g/mol. The van der Waals surface area contributed by atoms with Gasteiger partial charge in [-0.25, -0.2) is 4.98 Å². The van der Waals surface area contributed by atoms with Gasteiger partial charge in [-0.1, -0.05) is 39.0 Å². The molecule has 0 fully saturated rings.